The molecule has 53 heavy (non-hydrogen) atoms. The van der Waals surface area contributed by atoms with Gasteiger partial charge in [0.15, 0.2) is 0 Å². The molecule has 0 aromatic carbocycles. The number of phosphoric acid groups is 1. The van der Waals surface area contributed by atoms with E-state index in [0.717, 1.165) is 51.4 Å². The van der Waals surface area contributed by atoms with Crippen LogP contribution in [0.3, 0.4) is 0 Å². The zero-order chi connectivity index (χ0) is 39.3. The molecule has 0 saturated heterocycles. The van der Waals surface area contributed by atoms with E-state index >= 15 is 0 Å². The second kappa shape index (κ2) is 36.1. The first-order valence-electron chi connectivity index (χ1n) is 21.5. The molecule has 0 aliphatic carbocycles. The molecule has 3 unspecified atom stereocenters. The molecule has 0 rings (SSSR count). The van der Waals surface area contributed by atoms with E-state index in [-0.39, 0.29) is 12.5 Å². The van der Waals surface area contributed by atoms with Crippen molar-refractivity contribution >= 4 is 13.7 Å². The second-order valence-corrected chi connectivity index (χ2v) is 17.1. The van der Waals surface area contributed by atoms with E-state index in [4.69, 9.17) is 9.05 Å². The van der Waals surface area contributed by atoms with Crippen molar-refractivity contribution < 1.29 is 32.9 Å². The Balaban J connectivity index is 4.33. The van der Waals surface area contributed by atoms with E-state index in [0.29, 0.717) is 17.4 Å². The average Bonchev–Trinajstić information content (AvgIpc) is 3.10. The number of unbranched alkanes of at least 4 members (excludes halogenated alkanes) is 19. The average molecular weight is 767 g/mol. The number of rotatable bonds is 38. The molecular weight excluding hydrogens is 683 g/mol. The maximum atomic E-state index is 12.8. The summed E-state index contributed by atoms with van der Waals surface area (Å²) >= 11 is 0. The SMILES string of the molecule is CC/C=C/CC/C=C/CC/C=C/C(O)C(COP(=O)([O-])OCC[N+](C)(C)C)NC(=O)CCCCCCCCCCC/C=C\CCCCCCCCCC. The number of carbonyl (C=O) groups is 1. The van der Waals surface area contributed by atoms with Crippen LogP contribution in [0.15, 0.2) is 48.6 Å². The number of nitrogens with one attached hydrogen (secondary N) is 1. The van der Waals surface area contributed by atoms with Gasteiger partial charge in [-0.2, -0.15) is 0 Å². The van der Waals surface area contributed by atoms with Crippen molar-refractivity contribution in [1.29, 1.82) is 0 Å². The lowest BCUT2D eigenvalue weighted by Gasteiger charge is -2.29. The van der Waals surface area contributed by atoms with Gasteiger partial charge in [0.1, 0.15) is 13.2 Å². The Morgan fingerprint density at radius 2 is 1.11 bits per heavy atom. The summed E-state index contributed by atoms with van der Waals surface area (Å²) in [5.41, 5.74) is 0. The van der Waals surface area contributed by atoms with Gasteiger partial charge in [-0.1, -0.05) is 152 Å². The lowest BCUT2D eigenvalue weighted by molar-refractivity contribution is -0.870. The van der Waals surface area contributed by atoms with Crippen LogP contribution in [0.25, 0.3) is 0 Å². The molecule has 2 N–H and O–H groups in total. The molecule has 0 aromatic heterocycles. The maximum Gasteiger partial charge on any atom is 0.268 e. The molecule has 1 amide bonds. The predicted octanol–water partition coefficient (Wildman–Crippen LogP) is 11.1. The molecule has 0 bridgehead atoms. The Morgan fingerprint density at radius 1 is 0.660 bits per heavy atom. The van der Waals surface area contributed by atoms with Crippen molar-refractivity contribution in [3.05, 3.63) is 48.6 Å². The molecule has 0 aromatic rings. The summed E-state index contributed by atoms with van der Waals surface area (Å²) in [7, 11) is 1.23. The molecule has 0 spiro atoms. The quantitative estimate of drug-likeness (QED) is 0.0280. The summed E-state index contributed by atoms with van der Waals surface area (Å²) in [6.45, 7) is 4.48. The van der Waals surface area contributed by atoms with E-state index in [1.54, 1.807) is 6.08 Å². The number of phosphoric ester groups is 1. The molecule has 0 heterocycles. The van der Waals surface area contributed by atoms with Crippen molar-refractivity contribution in [3.8, 4) is 0 Å². The third-order valence-electron chi connectivity index (χ3n) is 9.25. The largest absolute Gasteiger partial charge is 0.756 e. The minimum Gasteiger partial charge on any atom is -0.756 e. The van der Waals surface area contributed by atoms with Gasteiger partial charge < -0.3 is 28.8 Å². The van der Waals surface area contributed by atoms with Crippen LogP contribution in [0.4, 0.5) is 0 Å². The van der Waals surface area contributed by atoms with Crippen LogP contribution >= 0.6 is 7.82 Å². The molecule has 3 atom stereocenters. The molecule has 0 aliphatic rings. The summed E-state index contributed by atoms with van der Waals surface area (Å²) in [4.78, 5) is 25.2. The van der Waals surface area contributed by atoms with Gasteiger partial charge >= 0.3 is 0 Å². The fourth-order valence-electron chi connectivity index (χ4n) is 5.83. The molecule has 0 radical (unpaired) electrons. The molecule has 8 nitrogen and oxygen atoms in total. The highest BCUT2D eigenvalue weighted by Crippen LogP contribution is 2.38. The Kier molecular flexibility index (Phi) is 35.1. The van der Waals surface area contributed by atoms with E-state index in [1.807, 2.05) is 27.2 Å². The number of hydrogen-bond acceptors (Lipinski definition) is 6. The minimum atomic E-state index is -4.59. The zero-order valence-corrected chi connectivity index (χ0v) is 35.8. The molecule has 9 heteroatoms. The van der Waals surface area contributed by atoms with Gasteiger partial charge in [0.25, 0.3) is 7.82 Å². The van der Waals surface area contributed by atoms with Gasteiger partial charge in [0, 0.05) is 6.42 Å². The van der Waals surface area contributed by atoms with E-state index in [1.165, 1.54) is 103 Å². The highest BCUT2D eigenvalue weighted by Gasteiger charge is 2.23. The first-order valence-corrected chi connectivity index (χ1v) is 23.0. The van der Waals surface area contributed by atoms with Crippen LogP contribution in [-0.2, 0) is 18.4 Å². The van der Waals surface area contributed by atoms with Crippen molar-refractivity contribution in [2.24, 2.45) is 0 Å². The van der Waals surface area contributed by atoms with Crippen molar-refractivity contribution in [2.75, 3.05) is 40.9 Å². The first kappa shape index (κ1) is 51.5. The monoisotopic (exact) mass is 767 g/mol. The Labute approximate surface area is 327 Å². The minimum absolute atomic E-state index is 0.0107. The third kappa shape index (κ3) is 38.5. The number of aliphatic hydroxyl groups excluding tert-OH is 1. The van der Waals surface area contributed by atoms with Gasteiger partial charge in [0.05, 0.1) is 39.9 Å². The first-order chi connectivity index (χ1) is 25.5. The standard InChI is InChI=1S/C44H83N2O6P/c1-6-8-10-12-14-16-18-19-20-21-22-23-24-25-26-27-28-30-32-34-36-38-44(48)45-42(41-52-53(49,50)51-40-39-46(3,4)5)43(47)37-35-33-31-29-17-15-13-11-9-7-2/h9,11,17,21-22,29,35,37,42-43,47H,6-8,10,12-16,18-20,23-28,30-34,36,38-41H2,1-5H3,(H-,45,48,49,50)/b11-9+,22-21-,29-17+,37-35+. The van der Waals surface area contributed by atoms with E-state index in [2.05, 4.69) is 55.6 Å². The summed E-state index contributed by atoms with van der Waals surface area (Å²) in [5, 5.41) is 13.7. The number of amides is 1. The Morgan fingerprint density at radius 3 is 1.62 bits per heavy atom. The maximum absolute atomic E-state index is 12.8. The summed E-state index contributed by atoms with van der Waals surface area (Å²) < 4.78 is 23.1. The van der Waals surface area contributed by atoms with Gasteiger partial charge in [-0.15, -0.1) is 0 Å². The van der Waals surface area contributed by atoms with Crippen molar-refractivity contribution in [3.63, 3.8) is 0 Å². The number of carbonyl (C=O) groups excluding carboxylic acids is 1. The molecule has 0 saturated carbocycles. The zero-order valence-electron chi connectivity index (χ0n) is 35.0. The van der Waals surface area contributed by atoms with Gasteiger partial charge in [0.2, 0.25) is 5.91 Å². The number of aliphatic hydroxyl groups is 1. The number of allylic oxidation sites excluding steroid dienone is 7. The topological polar surface area (TPSA) is 108 Å². The number of likely N-dealkylation sites (N-methyl/N-ethyl adjacent to an activating group) is 1. The summed E-state index contributed by atoms with van der Waals surface area (Å²) in [6.07, 6.45) is 44.6. The van der Waals surface area contributed by atoms with Crippen LogP contribution in [0.2, 0.25) is 0 Å². The van der Waals surface area contributed by atoms with Gasteiger partial charge in [-0.05, 0) is 64.2 Å². The number of hydrogen-bond donors (Lipinski definition) is 2. The highest BCUT2D eigenvalue weighted by molar-refractivity contribution is 7.45. The fourth-order valence-corrected chi connectivity index (χ4v) is 6.55. The van der Waals surface area contributed by atoms with Crippen molar-refractivity contribution in [2.45, 2.75) is 187 Å². The Hall–Kier alpha value is -1.54. The molecular formula is C44H83N2O6P. The fraction of sp³-hybridized carbons (Fsp3) is 0.795. The Bertz CT molecular complexity index is 1010. The smallest absolute Gasteiger partial charge is 0.268 e. The van der Waals surface area contributed by atoms with Gasteiger partial charge in [-0.3, -0.25) is 9.36 Å². The third-order valence-corrected chi connectivity index (χ3v) is 10.2. The van der Waals surface area contributed by atoms with Crippen LogP contribution in [0.1, 0.15) is 174 Å². The van der Waals surface area contributed by atoms with E-state index in [9.17, 15) is 19.4 Å². The van der Waals surface area contributed by atoms with Crippen LogP contribution in [0.5, 0.6) is 0 Å². The normalized spacial score (nSPS) is 14.9. The summed E-state index contributed by atoms with van der Waals surface area (Å²) in [5.74, 6) is -0.218. The number of quaternary nitrogens is 1. The second-order valence-electron chi connectivity index (χ2n) is 15.6. The lowest BCUT2D eigenvalue weighted by Crippen LogP contribution is -2.45. The van der Waals surface area contributed by atoms with Crippen LogP contribution in [-0.4, -0.2) is 68.5 Å². The van der Waals surface area contributed by atoms with Crippen LogP contribution < -0.4 is 10.2 Å². The molecule has 0 fully saturated rings. The van der Waals surface area contributed by atoms with E-state index < -0.39 is 26.6 Å². The lowest BCUT2D eigenvalue weighted by atomic mass is 10.0. The molecule has 310 valence electrons. The highest BCUT2D eigenvalue weighted by atomic mass is 31.2. The molecule has 0 aliphatic heterocycles. The summed E-state index contributed by atoms with van der Waals surface area (Å²) in [6, 6.07) is -0.908. The number of nitrogens with zero attached hydrogens (tertiary/aromatic N) is 1. The van der Waals surface area contributed by atoms with Gasteiger partial charge in [-0.25, -0.2) is 0 Å². The predicted molar refractivity (Wildman–Crippen MR) is 224 cm³/mol. The van der Waals surface area contributed by atoms with Crippen molar-refractivity contribution in [1.82, 2.24) is 5.32 Å². The van der Waals surface area contributed by atoms with Crippen LogP contribution in [0, 0.1) is 0 Å².